The average Bonchev–Trinajstić information content (AvgIpc) is 2.80. The predicted molar refractivity (Wildman–Crippen MR) is 65.7 cm³/mol. The molecule has 1 N–H and O–H groups in total. The van der Waals surface area contributed by atoms with Gasteiger partial charge in [-0.1, -0.05) is 6.07 Å². The van der Waals surface area contributed by atoms with Crippen molar-refractivity contribution in [2.24, 2.45) is 0 Å². The van der Waals surface area contributed by atoms with Crippen molar-refractivity contribution in [1.82, 2.24) is 4.98 Å². The van der Waals surface area contributed by atoms with E-state index in [1.807, 2.05) is 19.2 Å². The second kappa shape index (κ2) is 5.30. The molecule has 2 rings (SSSR count). The summed E-state index contributed by atoms with van der Waals surface area (Å²) in [5, 5.41) is 9.34. The van der Waals surface area contributed by atoms with E-state index in [9.17, 15) is 5.11 Å². The van der Waals surface area contributed by atoms with Crippen LogP contribution in [0.1, 0.15) is 31.7 Å². The van der Waals surface area contributed by atoms with Gasteiger partial charge < -0.3 is 10.0 Å². The molecule has 1 saturated heterocycles. The number of nitrogens with zero attached hydrogens (tertiary/aromatic N) is 2. The van der Waals surface area contributed by atoms with Crippen molar-refractivity contribution in [2.45, 2.75) is 38.7 Å². The lowest BCUT2D eigenvalue weighted by atomic mass is 10.1. The molecule has 1 fully saturated rings. The second-order valence-electron chi connectivity index (χ2n) is 4.57. The second-order valence-corrected chi connectivity index (χ2v) is 4.57. The van der Waals surface area contributed by atoms with Crippen molar-refractivity contribution >= 4 is 5.82 Å². The van der Waals surface area contributed by atoms with Gasteiger partial charge in [0.1, 0.15) is 5.82 Å². The largest absolute Gasteiger partial charge is 0.393 e. The number of pyridine rings is 1. The summed E-state index contributed by atoms with van der Waals surface area (Å²) in [6, 6.07) is 4.11. The van der Waals surface area contributed by atoms with E-state index >= 15 is 0 Å². The molecule has 1 aliphatic heterocycles. The number of hydrogen-bond donors (Lipinski definition) is 1. The van der Waals surface area contributed by atoms with Crippen molar-refractivity contribution in [3.63, 3.8) is 0 Å². The van der Waals surface area contributed by atoms with Crippen LogP contribution in [-0.2, 0) is 6.42 Å². The first kappa shape index (κ1) is 11.4. The lowest BCUT2D eigenvalue weighted by Crippen LogP contribution is -2.20. The van der Waals surface area contributed by atoms with Crippen molar-refractivity contribution in [3.8, 4) is 0 Å². The summed E-state index contributed by atoms with van der Waals surface area (Å²) in [4.78, 5) is 6.84. The summed E-state index contributed by atoms with van der Waals surface area (Å²) in [5.74, 6) is 1.13. The van der Waals surface area contributed by atoms with Gasteiger partial charge >= 0.3 is 0 Å². The van der Waals surface area contributed by atoms with E-state index in [0.29, 0.717) is 0 Å². The molecule has 1 aromatic heterocycles. The molecule has 16 heavy (non-hydrogen) atoms. The summed E-state index contributed by atoms with van der Waals surface area (Å²) >= 11 is 0. The van der Waals surface area contributed by atoms with E-state index < -0.39 is 0 Å². The minimum Gasteiger partial charge on any atom is -0.393 e. The van der Waals surface area contributed by atoms with Crippen LogP contribution in [0.25, 0.3) is 0 Å². The molecule has 1 unspecified atom stereocenters. The first-order valence-electron chi connectivity index (χ1n) is 6.14. The van der Waals surface area contributed by atoms with Crippen molar-refractivity contribution in [3.05, 3.63) is 23.9 Å². The van der Waals surface area contributed by atoms with Crippen LogP contribution in [0.4, 0.5) is 5.82 Å². The van der Waals surface area contributed by atoms with Crippen molar-refractivity contribution < 1.29 is 5.11 Å². The fourth-order valence-corrected chi connectivity index (χ4v) is 2.20. The van der Waals surface area contributed by atoms with Gasteiger partial charge in [0.15, 0.2) is 0 Å². The Kier molecular flexibility index (Phi) is 3.78. The SMILES string of the molecule is CC(O)CCc1cccnc1N1CCCC1. The third kappa shape index (κ3) is 2.73. The number of anilines is 1. The number of aromatic nitrogens is 1. The Morgan fingerprint density at radius 2 is 2.19 bits per heavy atom. The van der Waals surface area contributed by atoms with Crippen LogP contribution in [0.5, 0.6) is 0 Å². The van der Waals surface area contributed by atoms with Crippen molar-refractivity contribution in [1.29, 1.82) is 0 Å². The molecule has 1 aromatic rings. The standard InChI is InChI=1S/C13H20N2O/c1-11(16)6-7-12-5-4-8-14-13(12)15-9-2-3-10-15/h4-5,8,11,16H,2-3,6-7,9-10H2,1H3. The Morgan fingerprint density at radius 3 is 2.88 bits per heavy atom. The van der Waals surface area contributed by atoms with Gasteiger partial charge in [-0.25, -0.2) is 4.98 Å². The molecule has 3 nitrogen and oxygen atoms in total. The van der Waals surface area contributed by atoms with Gasteiger partial charge in [0.2, 0.25) is 0 Å². The molecule has 0 aromatic carbocycles. The molecule has 0 radical (unpaired) electrons. The molecule has 0 saturated carbocycles. The minimum atomic E-state index is -0.230. The smallest absolute Gasteiger partial charge is 0.131 e. The lowest BCUT2D eigenvalue weighted by Gasteiger charge is -2.20. The van der Waals surface area contributed by atoms with Crippen LogP contribution in [0.2, 0.25) is 0 Å². The zero-order chi connectivity index (χ0) is 11.4. The molecule has 3 heteroatoms. The van der Waals surface area contributed by atoms with Crippen LogP contribution >= 0.6 is 0 Å². The number of hydrogen-bond acceptors (Lipinski definition) is 3. The van der Waals surface area contributed by atoms with Gasteiger partial charge in [0.05, 0.1) is 6.10 Å². The number of aliphatic hydroxyl groups is 1. The Hall–Kier alpha value is -1.09. The third-order valence-electron chi connectivity index (χ3n) is 3.10. The summed E-state index contributed by atoms with van der Waals surface area (Å²) in [6.45, 7) is 4.09. The normalized spacial score (nSPS) is 17.8. The maximum atomic E-state index is 9.34. The van der Waals surface area contributed by atoms with Gasteiger partial charge in [-0.15, -0.1) is 0 Å². The quantitative estimate of drug-likeness (QED) is 0.843. The van der Waals surface area contributed by atoms with Crippen LogP contribution < -0.4 is 4.90 Å². The van der Waals surface area contributed by atoms with E-state index in [0.717, 1.165) is 31.7 Å². The molecule has 1 atom stereocenters. The highest BCUT2D eigenvalue weighted by Gasteiger charge is 2.16. The minimum absolute atomic E-state index is 0.230. The zero-order valence-corrected chi connectivity index (χ0v) is 9.89. The van der Waals surface area contributed by atoms with E-state index in [2.05, 4.69) is 16.0 Å². The Bertz CT molecular complexity index is 332. The van der Waals surface area contributed by atoms with E-state index in [4.69, 9.17) is 0 Å². The van der Waals surface area contributed by atoms with E-state index in [1.54, 1.807) is 0 Å². The highest BCUT2D eigenvalue weighted by molar-refractivity contribution is 5.47. The average molecular weight is 220 g/mol. The van der Waals surface area contributed by atoms with Gasteiger partial charge in [-0.2, -0.15) is 0 Å². The van der Waals surface area contributed by atoms with Crippen LogP contribution in [-0.4, -0.2) is 29.3 Å². The number of rotatable bonds is 4. The monoisotopic (exact) mass is 220 g/mol. The fraction of sp³-hybridized carbons (Fsp3) is 0.615. The summed E-state index contributed by atoms with van der Waals surface area (Å²) in [7, 11) is 0. The molecule has 0 aliphatic carbocycles. The van der Waals surface area contributed by atoms with Gasteiger partial charge in [-0.3, -0.25) is 0 Å². The summed E-state index contributed by atoms with van der Waals surface area (Å²) < 4.78 is 0. The Labute approximate surface area is 97.1 Å². The predicted octanol–water partition coefficient (Wildman–Crippen LogP) is 2.00. The summed E-state index contributed by atoms with van der Waals surface area (Å²) in [6.07, 6.45) is 5.90. The van der Waals surface area contributed by atoms with E-state index in [-0.39, 0.29) is 6.10 Å². The molecule has 0 bridgehead atoms. The van der Waals surface area contributed by atoms with Gasteiger partial charge in [-0.05, 0) is 44.2 Å². The van der Waals surface area contributed by atoms with Gasteiger partial charge in [0, 0.05) is 19.3 Å². The first-order valence-corrected chi connectivity index (χ1v) is 6.14. The molecular formula is C13H20N2O. The van der Waals surface area contributed by atoms with Crippen LogP contribution in [0.3, 0.4) is 0 Å². The van der Waals surface area contributed by atoms with Crippen LogP contribution in [0.15, 0.2) is 18.3 Å². The maximum absolute atomic E-state index is 9.34. The number of aryl methyl sites for hydroxylation is 1. The third-order valence-corrected chi connectivity index (χ3v) is 3.10. The highest BCUT2D eigenvalue weighted by Crippen LogP contribution is 2.23. The molecule has 0 spiro atoms. The Balaban J connectivity index is 2.10. The van der Waals surface area contributed by atoms with Crippen LogP contribution in [0, 0.1) is 0 Å². The zero-order valence-electron chi connectivity index (χ0n) is 9.89. The molecule has 1 aliphatic rings. The first-order chi connectivity index (χ1) is 7.77. The van der Waals surface area contributed by atoms with E-state index in [1.165, 1.54) is 18.4 Å². The fourth-order valence-electron chi connectivity index (χ4n) is 2.20. The number of aliphatic hydroxyl groups excluding tert-OH is 1. The topological polar surface area (TPSA) is 36.4 Å². The maximum Gasteiger partial charge on any atom is 0.131 e. The molecule has 2 heterocycles. The summed E-state index contributed by atoms with van der Waals surface area (Å²) in [5.41, 5.74) is 1.27. The van der Waals surface area contributed by atoms with Gasteiger partial charge in [0.25, 0.3) is 0 Å². The lowest BCUT2D eigenvalue weighted by molar-refractivity contribution is 0.185. The molecule has 88 valence electrons. The highest BCUT2D eigenvalue weighted by atomic mass is 16.3. The van der Waals surface area contributed by atoms with Crippen molar-refractivity contribution in [2.75, 3.05) is 18.0 Å². The molecular weight excluding hydrogens is 200 g/mol. The molecule has 0 amide bonds. The Morgan fingerprint density at radius 1 is 1.44 bits per heavy atom.